The minimum absolute atomic E-state index is 0.112. The number of aliphatic carboxylic acids is 1. The smallest absolute Gasteiger partial charge is 0.327 e. The third kappa shape index (κ3) is 9.74. The van der Waals surface area contributed by atoms with Gasteiger partial charge < -0.3 is 37.6 Å². The zero-order valence-corrected chi connectivity index (χ0v) is 18.4. The van der Waals surface area contributed by atoms with Crippen LogP contribution in [0.2, 0.25) is 0 Å². The van der Waals surface area contributed by atoms with Crippen LogP contribution in [-0.4, -0.2) is 77.0 Å². The highest BCUT2D eigenvalue weighted by molar-refractivity contribution is 7.80. The number of amides is 3. The Morgan fingerprint density at radius 2 is 1.60 bits per heavy atom. The number of hydrogen-bond donors (Lipinski definition) is 8. The molecule has 0 aromatic heterocycles. The van der Waals surface area contributed by atoms with Gasteiger partial charge in [0, 0.05) is 5.75 Å². The first-order valence-corrected chi connectivity index (χ1v) is 10.6. The maximum atomic E-state index is 12.8. The molecule has 0 radical (unpaired) electrons. The lowest BCUT2D eigenvalue weighted by molar-refractivity contribution is -0.142. The first kappa shape index (κ1) is 28.1. The van der Waals surface area contributed by atoms with Gasteiger partial charge in [-0.3, -0.25) is 14.4 Å². The van der Waals surface area contributed by atoms with E-state index in [0.29, 0.717) is 25.8 Å². The van der Waals surface area contributed by atoms with Crippen molar-refractivity contribution in [3.63, 3.8) is 0 Å². The standard InChI is InChI=1S/C18H35N5O6S/c1-3-10(2)14(17(27)22-13(9-30)18(28)29)23-16(26)12(6-4-5-7-19)21-15(25)11(20)8-24/h10-14,24,30H,3-9,19-20H2,1-2H3,(H,21,25)(H,22,27)(H,23,26)(H,28,29). The van der Waals surface area contributed by atoms with Crippen molar-refractivity contribution in [2.45, 2.75) is 63.7 Å². The largest absolute Gasteiger partial charge is 0.480 e. The molecule has 174 valence electrons. The second-order valence-corrected chi connectivity index (χ2v) is 7.45. The third-order valence-corrected chi connectivity index (χ3v) is 5.07. The van der Waals surface area contributed by atoms with Gasteiger partial charge in [-0.05, 0) is 31.7 Å². The number of nitrogens with one attached hydrogen (secondary N) is 3. The topological polar surface area (TPSA) is 197 Å². The molecule has 0 aliphatic heterocycles. The van der Waals surface area contributed by atoms with Gasteiger partial charge in [-0.15, -0.1) is 0 Å². The van der Waals surface area contributed by atoms with Crippen molar-refractivity contribution in [2.75, 3.05) is 18.9 Å². The lowest BCUT2D eigenvalue weighted by Crippen LogP contribution is -2.59. The van der Waals surface area contributed by atoms with Crippen molar-refractivity contribution in [1.82, 2.24) is 16.0 Å². The maximum absolute atomic E-state index is 12.8. The summed E-state index contributed by atoms with van der Waals surface area (Å²) >= 11 is 3.92. The molecule has 0 aliphatic carbocycles. The number of nitrogens with two attached hydrogens (primary N) is 2. The Morgan fingerprint density at radius 3 is 2.07 bits per heavy atom. The van der Waals surface area contributed by atoms with Gasteiger partial charge in [0.15, 0.2) is 0 Å². The summed E-state index contributed by atoms with van der Waals surface area (Å²) < 4.78 is 0. The molecule has 0 saturated carbocycles. The molecule has 9 N–H and O–H groups in total. The fraction of sp³-hybridized carbons (Fsp3) is 0.778. The monoisotopic (exact) mass is 449 g/mol. The van der Waals surface area contributed by atoms with E-state index in [-0.39, 0.29) is 18.1 Å². The van der Waals surface area contributed by atoms with Gasteiger partial charge in [-0.25, -0.2) is 4.79 Å². The molecule has 30 heavy (non-hydrogen) atoms. The summed E-state index contributed by atoms with van der Waals surface area (Å²) in [5.74, 6) is -3.61. The summed E-state index contributed by atoms with van der Waals surface area (Å²) in [5.41, 5.74) is 11.0. The molecule has 5 unspecified atom stereocenters. The predicted octanol–water partition coefficient (Wildman–Crippen LogP) is -2.05. The zero-order valence-electron chi connectivity index (χ0n) is 17.5. The first-order chi connectivity index (χ1) is 14.1. The summed E-state index contributed by atoms with van der Waals surface area (Å²) in [6.45, 7) is 3.40. The average Bonchev–Trinajstić information content (AvgIpc) is 2.73. The van der Waals surface area contributed by atoms with Gasteiger partial charge in [0.05, 0.1) is 6.61 Å². The van der Waals surface area contributed by atoms with E-state index in [1.807, 2.05) is 6.92 Å². The maximum Gasteiger partial charge on any atom is 0.327 e. The number of carboxylic acid groups (broad SMARTS) is 1. The van der Waals surface area contributed by atoms with Crippen molar-refractivity contribution < 1.29 is 29.4 Å². The third-order valence-electron chi connectivity index (χ3n) is 4.70. The molecular weight excluding hydrogens is 414 g/mol. The Balaban J connectivity index is 5.40. The van der Waals surface area contributed by atoms with E-state index in [0.717, 1.165) is 0 Å². The number of aliphatic hydroxyl groups is 1. The van der Waals surface area contributed by atoms with Crippen LogP contribution < -0.4 is 27.4 Å². The Labute approximate surface area is 182 Å². The number of unbranched alkanes of at least 4 members (excludes halogenated alkanes) is 1. The van der Waals surface area contributed by atoms with Crippen molar-refractivity contribution in [1.29, 1.82) is 0 Å². The van der Waals surface area contributed by atoms with E-state index >= 15 is 0 Å². The number of aliphatic hydroxyl groups excluding tert-OH is 1. The van der Waals surface area contributed by atoms with Gasteiger partial charge in [0.25, 0.3) is 0 Å². The van der Waals surface area contributed by atoms with Gasteiger partial charge in [-0.2, -0.15) is 12.6 Å². The highest BCUT2D eigenvalue weighted by Gasteiger charge is 2.32. The van der Waals surface area contributed by atoms with Crippen LogP contribution in [0, 0.1) is 5.92 Å². The quantitative estimate of drug-likeness (QED) is 0.103. The number of carbonyl (C=O) groups excluding carboxylic acids is 3. The minimum atomic E-state index is -1.24. The normalized spacial score (nSPS) is 15.9. The molecule has 0 aliphatic rings. The zero-order chi connectivity index (χ0) is 23.3. The van der Waals surface area contributed by atoms with Crippen molar-refractivity contribution >= 4 is 36.3 Å². The van der Waals surface area contributed by atoms with Gasteiger partial charge in [0.2, 0.25) is 17.7 Å². The van der Waals surface area contributed by atoms with Crippen LogP contribution in [0.15, 0.2) is 0 Å². The summed E-state index contributed by atoms with van der Waals surface area (Å²) in [7, 11) is 0. The van der Waals surface area contributed by atoms with Crippen molar-refractivity contribution in [2.24, 2.45) is 17.4 Å². The van der Waals surface area contributed by atoms with Crippen LogP contribution in [0.25, 0.3) is 0 Å². The summed E-state index contributed by atoms with van der Waals surface area (Å²) in [6.07, 6.45) is 1.97. The molecule has 5 atom stereocenters. The predicted molar refractivity (Wildman–Crippen MR) is 115 cm³/mol. The van der Waals surface area contributed by atoms with E-state index < -0.39 is 54.5 Å². The average molecular weight is 450 g/mol. The summed E-state index contributed by atoms with van der Waals surface area (Å²) in [5, 5.41) is 25.6. The van der Waals surface area contributed by atoms with Crippen LogP contribution in [0.1, 0.15) is 39.5 Å². The fourth-order valence-electron chi connectivity index (χ4n) is 2.53. The number of carbonyl (C=O) groups is 4. The van der Waals surface area contributed by atoms with Crippen LogP contribution in [0.3, 0.4) is 0 Å². The number of carboxylic acids is 1. The molecule has 3 amide bonds. The summed E-state index contributed by atoms with van der Waals surface area (Å²) in [6, 6.07) is -4.38. The van der Waals surface area contributed by atoms with Crippen LogP contribution >= 0.6 is 12.6 Å². The number of rotatable bonds is 15. The molecule has 11 nitrogen and oxygen atoms in total. The molecular formula is C18H35N5O6S. The molecule has 0 fully saturated rings. The first-order valence-electron chi connectivity index (χ1n) is 9.94. The van der Waals surface area contributed by atoms with E-state index in [9.17, 15) is 19.2 Å². The molecule has 0 rings (SSSR count). The van der Waals surface area contributed by atoms with Gasteiger partial charge in [-0.1, -0.05) is 20.3 Å². The highest BCUT2D eigenvalue weighted by atomic mass is 32.1. The molecule has 0 aromatic rings. The molecule has 0 spiro atoms. The van der Waals surface area contributed by atoms with Gasteiger partial charge in [0.1, 0.15) is 24.2 Å². The Morgan fingerprint density at radius 1 is 1.00 bits per heavy atom. The molecule has 0 heterocycles. The Bertz CT molecular complexity index is 579. The Hall–Kier alpha value is -1.89. The van der Waals surface area contributed by atoms with Crippen LogP contribution in [0.4, 0.5) is 0 Å². The fourth-order valence-corrected chi connectivity index (χ4v) is 2.77. The van der Waals surface area contributed by atoms with Crippen molar-refractivity contribution in [3.05, 3.63) is 0 Å². The summed E-state index contributed by atoms with van der Waals surface area (Å²) in [4.78, 5) is 48.7. The highest BCUT2D eigenvalue weighted by Crippen LogP contribution is 2.10. The number of thiol groups is 1. The van der Waals surface area contributed by atoms with E-state index in [4.69, 9.17) is 21.7 Å². The second kappa shape index (κ2) is 15.0. The SMILES string of the molecule is CCC(C)C(NC(=O)C(CCCCN)NC(=O)C(N)CO)C(=O)NC(CS)C(=O)O. The van der Waals surface area contributed by atoms with Crippen molar-refractivity contribution in [3.8, 4) is 0 Å². The minimum Gasteiger partial charge on any atom is -0.480 e. The van der Waals surface area contributed by atoms with E-state index in [2.05, 4.69) is 28.6 Å². The Kier molecular flexibility index (Phi) is 14.0. The number of hydrogen-bond acceptors (Lipinski definition) is 8. The molecule has 0 bridgehead atoms. The second-order valence-electron chi connectivity index (χ2n) is 7.09. The molecule has 0 aromatic carbocycles. The lowest BCUT2D eigenvalue weighted by atomic mass is 9.97. The van der Waals surface area contributed by atoms with Crippen LogP contribution in [-0.2, 0) is 19.2 Å². The molecule has 0 saturated heterocycles. The molecule has 12 heteroatoms. The van der Waals surface area contributed by atoms with Gasteiger partial charge >= 0.3 is 5.97 Å². The van der Waals surface area contributed by atoms with E-state index in [1.54, 1.807) is 6.92 Å². The lowest BCUT2D eigenvalue weighted by Gasteiger charge is -2.28. The van der Waals surface area contributed by atoms with E-state index in [1.165, 1.54) is 0 Å². The van der Waals surface area contributed by atoms with Crippen LogP contribution in [0.5, 0.6) is 0 Å².